The van der Waals surface area contributed by atoms with E-state index in [9.17, 15) is 17.6 Å². The van der Waals surface area contributed by atoms with E-state index >= 15 is 0 Å². The van der Waals surface area contributed by atoms with Crippen molar-refractivity contribution in [1.29, 1.82) is 0 Å². The summed E-state index contributed by atoms with van der Waals surface area (Å²) in [5, 5.41) is 3.26. The van der Waals surface area contributed by atoms with Crippen LogP contribution in [-0.2, 0) is 0 Å². The lowest BCUT2D eigenvalue weighted by Gasteiger charge is -2.35. The summed E-state index contributed by atoms with van der Waals surface area (Å²) in [6.07, 6.45) is -4.72. The molecule has 0 aliphatic carbocycles. The number of benzene rings is 2. The first-order valence-corrected chi connectivity index (χ1v) is 7.98. The third-order valence-corrected chi connectivity index (χ3v) is 4.11. The highest BCUT2D eigenvalue weighted by atomic mass is 35.5. The third-order valence-electron chi connectivity index (χ3n) is 4.11. The van der Waals surface area contributed by atoms with E-state index in [0.29, 0.717) is 0 Å². The minimum Gasteiger partial charge on any atom is -0.406 e. The summed E-state index contributed by atoms with van der Waals surface area (Å²) in [5.74, 6) is -0.607. The lowest BCUT2D eigenvalue weighted by atomic mass is 9.96. The Kier molecular flexibility index (Phi) is 8.81. The molecule has 0 aromatic heterocycles. The Morgan fingerprint density at radius 2 is 1.56 bits per heavy atom. The van der Waals surface area contributed by atoms with Crippen LogP contribution >= 0.6 is 24.8 Å². The average Bonchev–Trinajstić information content (AvgIpc) is 2.56. The second-order valence-corrected chi connectivity index (χ2v) is 5.86. The highest BCUT2D eigenvalue weighted by molar-refractivity contribution is 5.85. The molecule has 1 heterocycles. The van der Waals surface area contributed by atoms with Crippen LogP contribution in [0.2, 0.25) is 0 Å². The second-order valence-electron chi connectivity index (χ2n) is 5.86. The van der Waals surface area contributed by atoms with Crippen LogP contribution in [0.5, 0.6) is 5.75 Å². The molecule has 1 N–H and O–H groups in total. The van der Waals surface area contributed by atoms with E-state index in [-0.39, 0.29) is 42.4 Å². The maximum absolute atomic E-state index is 13.7. The Morgan fingerprint density at radius 3 is 2.11 bits per heavy atom. The zero-order chi connectivity index (χ0) is 17.9. The van der Waals surface area contributed by atoms with Gasteiger partial charge < -0.3 is 10.1 Å². The van der Waals surface area contributed by atoms with Crippen LogP contribution in [0.15, 0.2) is 48.5 Å². The molecule has 0 spiro atoms. The summed E-state index contributed by atoms with van der Waals surface area (Å²) in [7, 11) is 0. The van der Waals surface area contributed by atoms with Gasteiger partial charge in [0.1, 0.15) is 11.6 Å². The van der Waals surface area contributed by atoms with Gasteiger partial charge in [-0.15, -0.1) is 38.0 Å². The molecule has 1 saturated heterocycles. The Hall–Kier alpha value is -1.54. The monoisotopic (exact) mass is 426 g/mol. The van der Waals surface area contributed by atoms with Gasteiger partial charge in [-0.2, -0.15) is 0 Å². The van der Waals surface area contributed by atoms with Crippen molar-refractivity contribution < 1.29 is 22.3 Å². The van der Waals surface area contributed by atoms with Crippen molar-refractivity contribution in [2.45, 2.75) is 12.4 Å². The summed E-state index contributed by atoms with van der Waals surface area (Å²) in [5.41, 5.74) is 1.56. The lowest BCUT2D eigenvalue weighted by Crippen LogP contribution is -2.45. The molecule has 0 amide bonds. The van der Waals surface area contributed by atoms with Gasteiger partial charge in [0.2, 0.25) is 0 Å². The van der Waals surface area contributed by atoms with Gasteiger partial charge in [0, 0.05) is 26.2 Å². The molecular weight excluding hydrogens is 407 g/mol. The topological polar surface area (TPSA) is 24.5 Å². The standard InChI is InChI=1S/C18H18F4N2O.2ClH/c19-15-3-1-2-14(12-15)17(24-10-8-23-9-11-24)13-4-6-16(7-5-13)25-18(20,21)22;;/h1-7,12,17,23H,8-11H2;2*1H/t17-;;/m1../s1. The van der Waals surface area contributed by atoms with Gasteiger partial charge in [-0.1, -0.05) is 24.3 Å². The molecule has 2 aromatic carbocycles. The SMILES string of the molecule is Cl.Cl.Fc1cccc([C@@H](c2ccc(OC(F)(F)F)cc2)N2CCNCC2)c1. The average molecular weight is 427 g/mol. The number of piperazine rings is 1. The van der Waals surface area contributed by atoms with Crippen LogP contribution in [0.1, 0.15) is 17.2 Å². The number of nitrogens with zero attached hydrogens (tertiary/aromatic N) is 1. The third kappa shape index (κ3) is 6.53. The first kappa shape index (κ1) is 23.5. The lowest BCUT2D eigenvalue weighted by molar-refractivity contribution is -0.274. The molecule has 150 valence electrons. The Balaban J connectivity index is 0.00000182. The smallest absolute Gasteiger partial charge is 0.406 e. The van der Waals surface area contributed by atoms with Crippen LogP contribution in [0.3, 0.4) is 0 Å². The molecule has 0 saturated carbocycles. The quantitative estimate of drug-likeness (QED) is 0.725. The molecule has 1 atom stereocenters. The summed E-state index contributed by atoms with van der Waals surface area (Å²) < 4.78 is 54.6. The molecule has 1 aliphatic rings. The highest BCUT2D eigenvalue weighted by Crippen LogP contribution is 2.31. The van der Waals surface area contributed by atoms with E-state index in [1.807, 2.05) is 6.07 Å². The molecule has 2 aromatic rings. The van der Waals surface area contributed by atoms with Crippen molar-refractivity contribution in [2.24, 2.45) is 0 Å². The van der Waals surface area contributed by atoms with Crippen molar-refractivity contribution in [3.05, 3.63) is 65.5 Å². The van der Waals surface area contributed by atoms with E-state index in [2.05, 4.69) is 15.0 Å². The van der Waals surface area contributed by atoms with Gasteiger partial charge in [-0.25, -0.2) is 4.39 Å². The first-order chi connectivity index (χ1) is 11.9. The predicted octanol–water partition coefficient (Wildman–Crippen LogP) is 4.56. The summed E-state index contributed by atoms with van der Waals surface area (Å²) in [4.78, 5) is 2.19. The fourth-order valence-corrected chi connectivity index (χ4v) is 3.08. The molecular formula is C18H20Cl2F4N2O. The van der Waals surface area contributed by atoms with Gasteiger partial charge >= 0.3 is 6.36 Å². The van der Waals surface area contributed by atoms with E-state index in [1.54, 1.807) is 18.2 Å². The van der Waals surface area contributed by atoms with Crippen molar-refractivity contribution in [2.75, 3.05) is 26.2 Å². The van der Waals surface area contributed by atoms with Gasteiger partial charge in [0.25, 0.3) is 0 Å². The van der Waals surface area contributed by atoms with E-state index in [0.717, 1.165) is 37.3 Å². The number of halogens is 6. The fraction of sp³-hybridized carbons (Fsp3) is 0.333. The Bertz CT molecular complexity index is 707. The van der Waals surface area contributed by atoms with E-state index in [4.69, 9.17) is 0 Å². The number of nitrogens with one attached hydrogen (secondary N) is 1. The maximum atomic E-state index is 13.7. The van der Waals surface area contributed by atoms with Gasteiger partial charge in [-0.3, -0.25) is 4.90 Å². The van der Waals surface area contributed by atoms with E-state index < -0.39 is 6.36 Å². The first-order valence-electron chi connectivity index (χ1n) is 7.98. The molecule has 0 radical (unpaired) electrons. The van der Waals surface area contributed by atoms with Crippen molar-refractivity contribution in [1.82, 2.24) is 10.2 Å². The summed E-state index contributed by atoms with van der Waals surface area (Å²) in [6.45, 7) is 3.14. The van der Waals surface area contributed by atoms with Gasteiger partial charge in [0.05, 0.1) is 6.04 Å². The van der Waals surface area contributed by atoms with Gasteiger partial charge in [-0.05, 0) is 35.4 Å². The molecule has 0 bridgehead atoms. The Labute approximate surface area is 167 Å². The normalized spacial score (nSPS) is 16.0. The number of rotatable bonds is 4. The van der Waals surface area contributed by atoms with Crippen LogP contribution in [0.25, 0.3) is 0 Å². The Morgan fingerprint density at radius 1 is 0.926 bits per heavy atom. The van der Waals surface area contributed by atoms with Crippen molar-refractivity contribution in [3.63, 3.8) is 0 Å². The minimum atomic E-state index is -4.72. The molecule has 0 unspecified atom stereocenters. The predicted molar refractivity (Wildman–Crippen MR) is 100 cm³/mol. The number of hydrogen-bond donors (Lipinski definition) is 1. The van der Waals surface area contributed by atoms with Crippen LogP contribution < -0.4 is 10.1 Å². The van der Waals surface area contributed by atoms with Crippen molar-refractivity contribution in [3.8, 4) is 5.75 Å². The largest absolute Gasteiger partial charge is 0.573 e. The van der Waals surface area contributed by atoms with Gasteiger partial charge in [0.15, 0.2) is 0 Å². The molecule has 27 heavy (non-hydrogen) atoms. The zero-order valence-corrected chi connectivity index (χ0v) is 15.8. The number of ether oxygens (including phenoxy) is 1. The highest BCUT2D eigenvalue weighted by Gasteiger charge is 2.31. The summed E-state index contributed by atoms with van der Waals surface area (Å²) >= 11 is 0. The van der Waals surface area contributed by atoms with Crippen LogP contribution in [-0.4, -0.2) is 37.4 Å². The number of alkyl halides is 3. The maximum Gasteiger partial charge on any atom is 0.573 e. The molecule has 3 nitrogen and oxygen atoms in total. The van der Waals surface area contributed by atoms with Crippen LogP contribution in [0, 0.1) is 5.82 Å². The fourth-order valence-electron chi connectivity index (χ4n) is 3.08. The number of hydrogen-bond acceptors (Lipinski definition) is 3. The molecule has 1 aliphatic heterocycles. The van der Waals surface area contributed by atoms with Crippen molar-refractivity contribution >= 4 is 24.8 Å². The van der Waals surface area contributed by atoms with Crippen LogP contribution in [0.4, 0.5) is 17.6 Å². The molecule has 1 fully saturated rings. The zero-order valence-electron chi connectivity index (χ0n) is 14.2. The minimum absolute atomic E-state index is 0. The second kappa shape index (κ2) is 10.1. The molecule has 9 heteroatoms. The van der Waals surface area contributed by atoms with E-state index in [1.165, 1.54) is 24.3 Å². The molecule has 3 rings (SSSR count). The summed E-state index contributed by atoms with van der Waals surface area (Å²) in [6, 6.07) is 11.9.